The van der Waals surface area contributed by atoms with Crippen LogP contribution in [0.3, 0.4) is 0 Å². The van der Waals surface area contributed by atoms with Crippen molar-refractivity contribution < 1.29 is 8.78 Å². The smallest absolute Gasteiger partial charge is 0.197 e. The minimum Gasteiger partial charge on any atom is -0.303 e. The third-order valence-corrected chi connectivity index (χ3v) is 2.84. The Morgan fingerprint density at radius 1 is 1.25 bits per heavy atom. The van der Waals surface area contributed by atoms with Crippen LogP contribution in [-0.4, -0.2) is 14.3 Å². The molecule has 0 N–H and O–H groups in total. The second-order valence-electron chi connectivity index (χ2n) is 3.41. The lowest BCUT2D eigenvalue weighted by atomic mass is 10.2. The number of halogens is 2. The maximum atomic E-state index is 13.5. The molecule has 1 heterocycles. The average Bonchev–Trinajstić information content (AvgIpc) is 2.46. The van der Waals surface area contributed by atoms with Crippen LogP contribution >= 0.6 is 12.2 Å². The number of hydrogen-bond donors (Lipinski definition) is 0. The van der Waals surface area contributed by atoms with Gasteiger partial charge in [-0.05, 0) is 24.4 Å². The number of aryl methyl sites for hydroxylation is 1. The molecule has 0 saturated heterocycles. The van der Waals surface area contributed by atoms with Gasteiger partial charge in [-0.25, -0.2) is 13.5 Å². The summed E-state index contributed by atoms with van der Waals surface area (Å²) in [6.45, 7) is 0. The summed E-state index contributed by atoms with van der Waals surface area (Å²) >= 11 is 5.05. The van der Waals surface area contributed by atoms with Crippen molar-refractivity contribution in [2.45, 2.75) is 0 Å². The molecule has 3 nitrogen and oxygen atoms in total. The third-order valence-electron chi connectivity index (χ3n) is 2.30. The summed E-state index contributed by atoms with van der Waals surface area (Å²) in [5.74, 6) is -0.882. The molecule has 84 valence electrons. The zero-order chi connectivity index (χ0) is 11.9. The van der Waals surface area contributed by atoms with E-state index in [0.717, 1.165) is 6.07 Å². The Hall–Kier alpha value is -1.56. The second-order valence-corrected chi connectivity index (χ2v) is 3.78. The standard InChI is InChI=1S/C10H9F2N3S/c1-14-9(13-15(2)10(14)16)7-4-3-6(11)5-8(7)12/h3-5H,1-2H3. The summed E-state index contributed by atoms with van der Waals surface area (Å²) < 4.78 is 29.8. The van der Waals surface area contributed by atoms with E-state index in [2.05, 4.69) is 5.10 Å². The van der Waals surface area contributed by atoms with Gasteiger partial charge in [-0.15, -0.1) is 0 Å². The van der Waals surface area contributed by atoms with Crippen LogP contribution in [0.25, 0.3) is 11.4 Å². The second kappa shape index (κ2) is 3.79. The molecule has 0 unspecified atom stereocenters. The van der Waals surface area contributed by atoms with Crippen molar-refractivity contribution in [2.75, 3.05) is 0 Å². The van der Waals surface area contributed by atoms with Gasteiger partial charge in [0.15, 0.2) is 10.6 Å². The van der Waals surface area contributed by atoms with E-state index >= 15 is 0 Å². The Morgan fingerprint density at radius 2 is 1.94 bits per heavy atom. The largest absolute Gasteiger partial charge is 0.303 e. The lowest BCUT2D eigenvalue weighted by Gasteiger charge is -2.01. The molecule has 0 saturated carbocycles. The van der Waals surface area contributed by atoms with Gasteiger partial charge in [0, 0.05) is 20.2 Å². The Labute approximate surface area is 95.9 Å². The highest BCUT2D eigenvalue weighted by molar-refractivity contribution is 7.71. The van der Waals surface area contributed by atoms with Crippen LogP contribution in [0.4, 0.5) is 8.78 Å². The fraction of sp³-hybridized carbons (Fsp3) is 0.200. The summed E-state index contributed by atoms with van der Waals surface area (Å²) in [5, 5.41) is 4.08. The topological polar surface area (TPSA) is 22.8 Å². The van der Waals surface area contributed by atoms with Gasteiger partial charge >= 0.3 is 0 Å². The zero-order valence-corrected chi connectivity index (χ0v) is 9.55. The molecule has 0 aliphatic rings. The highest BCUT2D eigenvalue weighted by Crippen LogP contribution is 2.21. The predicted octanol–water partition coefficient (Wildman–Crippen LogP) is 2.43. The van der Waals surface area contributed by atoms with Gasteiger partial charge < -0.3 is 4.57 Å². The summed E-state index contributed by atoms with van der Waals surface area (Å²) in [7, 11) is 3.36. The summed E-state index contributed by atoms with van der Waals surface area (Å²) in [6, 6.07) is 3.37. The van der Waals surface area contributed by atoms with Crippen molar-refractivity contribution in [3.05, 3.63) is 34.6 Å². The molecule has 1 aromatic carbocycles. The van der Waals surface area contributed by atoms with Crippen molar-refractivity contribution >= 4 is 12.2 Å². The van der Waals surface area contributed by atoms with Gasteiger partial charge in [0.2, 0.25) is 0 Å². The molecule has 2 rings (SSSR count). The van der Waals surface area contributed by atoms with Crippen molar-refractivity contribution in [3.63, 3.8) is 0 Å². The minimum absolute atomic E-state index is 0.232. The van der Waals surface area contributed by atoms with Crippen LogP contribution in [0.15, 0.2) is 18.2 Å². The van der Waals surface area contributed by atoms with Crippen molar-refractivity contribution in [3.8, 4) is 11.4 Å². The number of benzene rings is 1. The molecule has 2 aromatic rings. The van der Waals surface area contributed by atoms with Crippen LogP contribution in [0, 0.1) is 16.4 Å². The average molecular weight is 241 g/mol. The first-order chi connectivity index (χ1) is 7.50. The third kappa shape index (κ3) is 1.65. The molecular formula is C10H9F2N3S. The summed E-state index contributed by atoms with van der Waals surface area (Å²) in [4.78, 5) is 0. The Balaban J connectivity index is 2.68. The molecule has 0 aliphatic carbocycles. The molecule has 6 heteroatoms. The first kappa shape index (κ1) is 10.9. The lowest BCUT2D eigenvalue weighted by Crippen LogP contribution is -1.95. The molecule has 0 atom stereocenters. The Morgan fingerprint density at radius 3 is 2.44 bits per heavy atom. The van der Waals surface area contributed by atoms with Crippen LogP contribution in [-0.2, 0) is 14.1 Å². The molecule has 1 aromatic heterocycles. The molecule has 0 amide bonds. The zero-order valence-electron chi connectivity index (χ0n) is 8.74. The molecule has 0 fully saturated rings. The summed E-state index contributed by atoms with van der Waals surface area (Å²) in [5.41, 5.74) is 0.232. The van der Waals surface area contributed by atoms with E-state index in [9.17, 15) is 8.78 Å². The van der Waals surface area contributed by atoms with E-state index in [1.54, 1.807) is 18.7 Å². The van der Waals surface area contributed by atoms with Crippen molar-refractivity contribution in [2.24, 2.45) is 14.1 Å². The quantitative estimate of drug-likeness (QED) is 0.716. The van der Waals surface area contributed by atoms with E-state index in [1.165, 1.54) is 16.8 Å². The highest BCUT2D eigenvalue weighted by atomic mass is 32.1. The molecular weight excluding hydrogens is 232 g/mol. The Bertz CT molecular complexity index is 601. The lowest BCUT2D eigenvalue weighted by molar-refractivity contribution is 0.584. The monoisotopic (exact) mass is 241 g/mol. The predicted molar refractivity (Wildman–Crippen MR) is 58.4 cm³/mol. The first-order valence-corrected chi connectivity index (χ1v) is 4.97. The van der Waals surface area contributed by atoms with E-state index in [1.807, 2.05) is 0 Å². The van der Waals surface area contributed by atoms with Crippen LogP contribution in [0.1, 0.15) is 0 Å². The maximum absolute atomic E-state index is 13.5. The fourth-order valence-corrected chi connectivity index (χ4v) is 1.59. The number of rotatable bonds is 1. The van der Waals surface area contributed by atoms with E-state index < -0.39 is 11.6 Å². The molecule has 0 spiro atoms. The van der Waals surface area contributed by atoms with Gasteiger partial charge in [0.05, 0.1) is 5.56 Å². The number of aromatic nitrogens is 3. The number of hydrogen-bond acceptors (Lipinski definition) is 2. The number of nitrogens with zero attached hydrogens (tertiary/aromatic N) is 3. The van der Waals surface area contributed by atoms with Gasteiger partial charge in [0.25, 0.3) is 0 Å². The van der Waals surface area contributed by atoms with Gasteiger partial charge in [-0.3, -0.25) is 0 Å². The van der Waals surface area contributed by atoms with Gasteiger partial charge in [-0.2, -0.15) is 5.10 Å². The Kier molecular flexibility index (Phi) is 2.59. The first-order valence-electron chi connectivity index (χ1n) is 4.56. The van der Waals surface area contributed by atoms with E-state index in [0.29, 0.717) is 10.6 Å². The normalized spacial score (nSPS) is 10.8. The maximum Gasteiger partial charge on any atom is 0.197 e. The van der Waals surface area contributed by atoms with Crippen LogP contribution in [0.2, 0.25) is 0 Å². The van der Waals surface area contributed by atoms with Crippen molar-refractivity contribution in [1.29, 1.82) is 0 Å². The summed E-state index contributed by atoms with van der Waals surface area (Å²) in [6.07, 6.45) is 0. The van der Waals surface area contributed by atoms with E-state index in [-0.39, 0.29) is 5.56 Å². The minimum atomic E-state index is -0.649. The van der Waals surface area contributed by atoms with E-state index in [4.69, 9.17) is 12.2 Å². The molecule has 0 bridgehead atoms. The fourth-order valence-electron chi connectivity index (χ4n) is 1.46. The molecule has 16 heavy (non-hydrogen) atoms. The van der Waals surface area contributed by atoms with Crippen molar-refractivity contribution in [1.82, 2.24) is 14.3 Å². The van der Waals surface area contributed by atoms with Gasteiger partial charge in [0.1, 0.15) is 11.6 Å². The highest BCUT2D eigenvalue weighted by Gasteiger charge is 2.13. The molecule has 0 aliphatic heterocycles. The SMILES string of the molecule is Cn1nc(-c2ccc(F)cc2F)n(C)c1=S. The molecule has 0 radical (unpaired) electrons. The van der Waals surface area contributed by atoms with Gasteiger partial charge in [-0.1, -0.05) is 0 Å². The van der Waals surface area contributed by atoms with Crippen LogP contribution < -0.4 is 0 Å². The van der Waals surface area contributed by atoms with Crippen LogP contribution in [0.5, 0.6) is 0 Å².